The van der Waals surface area contributed by atoms with Crippen LogP contribution in [0.1, 0.15) is 46.6 Å². The van der Waals surface area contributed by atoms with E-state index in [4.69, 9.17) is 4.74 Å². The number of methoxy groups -OCH3 is 1. The summed E-state index contributed by atoms with van der Waals surface area (Å²) in [5.74, 6) is 0.967. The molecular formula is C27H36N2O3. The van der Waals surface area contributed by atoms with E-state index >= 15 is 0 Å². The lowest BCUT2D eigenvalue weighted by molar-refractivity contribution is -0.139. The molecule has 2 amide bonds. The van der Waals surface area contributed by atoms with Gasteiger partial charge in [0.25, 0.3) is 0 Å². The second kappa shape index (κ2) is 9.35. The Morgan fingerprint density at radius 2 is 1.75 bits per heavy atom. The summed E-state index contributed by atoms with van der Waals surface area (Å²) in [6.45, 7) is 10.8. The van der Waals surface area contributed by atoms with Gasteiger partial charge in [-0.15, -0.1) is 0 Å². The number of benzene rings is 2. The lowest BCUT2D eigenvalue weighted by Crippen LogP contribution is -2.48. The maximum atomic E-state index is 13.3. The van der Waals surface area contributed by atoms with Crippen LogP contribution in [0.15, 0.2) is 48.5 Å². The highest BCUT2D eigenvalue weighted by molar-refractivity contribution is 5.87. The molecule has 0 radical (unpaired) electrons. The predicted molar refractivity (Wildman–Crippen MR) is 128 cm³/mol. The molecule has 1 saturated heterocycles. The van der Waals surface area contributed by atoms with Crippen molar-refractivity contribution in [1.82, 2.24) is 10.2 Å². The van der Waals surface area contributed by atoms with E-state index in [1.165, 1.54) is 0 Å². The molecule has 1 aliphatic rings. The van der Waals surface area contributed by atoms with Crippen LogP contribution in [0.4, 0.5) is 0 Å². The maximum Gasteiger partial charge on any atom is 0.228 e. The number of nitrogens with one attached hydrogen (secondary N) is 1. The van der Waals surface area contributed by atoms with Crippen LogP contribution < -0.4 is 10.1 Å². The van der Waals surface area contributed by atoms with E-state index in [0.717, 1.165) is 22.4 Å². The minimum atomic E-state index is -0.614. The molecule has 0 saturated carbocycles. The van der Waals surface area contributed by atoms with Gasteiger partial charge in [-0.3, -0.25) is 9.59 Å². The summed E-state index contributed by atoms with van der Waals surface area (Å²) >= 11 is 0. The Labute approximate surface area is 192 Å². The number of nitrogens with zero attached hydrogens (tertiary/aromatic N) is 1. The molecule has 3 rings (SSSR count). The molecule has 2 aromatic rings. The largest absolute Gasteiger partial charge is 0.496 e. The fraction of sp³-hybridized carbons (Fsp3) is 0.481. The summed E-state index contributed by atoms with van der Waals surface area (Å²) in [5.41, 5.74) is 2.13. The lowest BCUT2D eigenvalue weighted by Gasteiger charge is -2.31. The van der Waals surface area contributed by atoms with Gasteiger partial charge in [-0.2, -0.15) is 0 Å². The molecule has 2 aromatic carbocycles. The van der Waals surface area contributed by atoms with Gasteiger partial charge in [0.05, 0.1) is 12.5 Å². The number of carbonyl (C=O) groups excluding carboxylic acids is 2. The molecule has 0 spiro atoms. The summed E-state index contributed by atoms with van der Waals surface area (Å²) < 4.78 is 5.49. The van der Waals surface area contributed by atoms with E-state index < -0.39 is 10.8 Å². The van der Waals surface area contributed by atoms with Crippen molar-refractivity contribution in [2.24, 2.45) is 10.8 Å². The van der Waals surface area contributed by atoms with Gasteiger partial charge in [0, 0.05) is 30.1 Å². The molecule has 1 aliphatic heterocycles. The van der Waals surface area contributed by atoms with Crippen LogP contribution in [-0.2, 0) is 16.0 Å². The topological polar surface area (TPSA) is 58.6 Å². The Morgan fingerprint density at radius 3 is 2.34 bits per heavy atom. The lowest BCUT2D eigenvalue weighted by atomic mass is 9.79. The molecule has 1 N–H and O–H groups in total. The molecule has 5 heteroatoms. The highest BCUT2D eigenvalue weighted by Crippen LogP contribution is 2.37. The van der Waals surface area contributed by atoms with Crippen LogP contribution in [0.25, 0.3) is 11.1 Å². The molecule has 32 heavy (non-hydrogen) atoms. The Hall–Kier alpha value is -2.82. The van der Waals surface area contributed by atoms with Gasteiger partial charge in [-0.05, 0) is 43.9 Å². The van der Waals surface area contributed by atoms with Crippen molar-refractivity contribution in [2.45, 2.75) is 53.5 Å². The van der Waals surface area contributed by atoms with Crippen LogP contribution in [0.3, 0.4) is 0 Å². The maximum absolute atomic E-state index is 13.3. The second-order valence-electron chi connectivity index (χ2n) is 10.2. The minimum Gasteiger partial charge on any atom is -0.496 e. The zero-order valence-electron chi connectivity index (χ0n) is 20.2. The van der Waals surface area contributed by atoms with Crippen molar-refractivity contribution in [3.8, 4) is 16.9 Å². The Balaban J connectivity index is 1.86. The summed E-state index contributed by atoms with van der Waals surface area (Å²) in [5, 5.41) is 3.10. The van der Waals surface area contributed by atoms with Gasteiger partial charge in [0.15, 0.2) is 0 Å². The molecular weight excluding hydrogens is 400 g/mol. The normalized spacial score (nSPS) is 18.7. The highest BCUT2D eigenvalue weighted by atomic mass is 16.5. The fourth-order valence-corrected chi connectivity index (χ4v) is 4.42. The Morgan fingerprint density at radius 1 is 1.09 bits per heavy atom. The Kier molecular flexibility index (Phi) is 6.97. The quantitative estimate of drug-likeness (QED) is 0.714. The zero-order chi connectivity index (χ0) is 23.5. The number of hydrogen-bond acceptors (Lipinski definition) is 3. The van der Waals surface area contributed by atoms with Crippen LogP contribution in [0.5, 0.6) is 5.75 Å². The van der Waals surface area contributed by atoms with Crippen LogP contribution in [-0.4, -0.2) is 43.0 Å². The average molecular weight is 437 g/mol. The molecule has 5 nitrogen and oxygen atoms in total. The molecule has 0 bridgehead atoms. The Bertz CT molecular complexity index is 960. The van der Waals surface area contributed by atoms with Crippen LogP contribution in [0.2, 0.25) is 0 Å². The summed E-state index contributed by atoms with van der Waals surface area (Å²) in [6, 6.07) is 16.3. The smallest absolute Gasteiger partial charge is 0.228 e. The van der Waals surface area contributed by atoms with Gasteiger partial charge in [-0.1, -0.05) is 63.2 Å². The first-order valence-corrected chi connectivity index (χ1v) is 11.4. The highest BCUT2D eigenvalue weighted by Gasteiger charge is 2.47. The predicted octanol–water partition coefficient (Wildman–Crippen LogP) is 4.69. The van der Waals surface area contributed by atoms with Crippen LogP contribution >= 0.6 is 0 Å². The number of carbonyl (C=O) groups is 2. The third-order valence-electron chi connectivity index (χ3n) is 6.10. The van der Waals surface area contributed by atoms with Gasteiger partial charge in [0.2, 0.25) is 11.8 Å². The van der Waals surface area contributed by atoms with Gasteiger partial charge in [0.1, 0.15) is 5.75 Å². The molecule has 0 unspecified atom stereocenters. The summed E-state index contributed by atoms with van der Waals surface area (Å²) in [4.78, 5) is 28.1. The number of hydrogen-bond donors (Lipinski definition) is 1. The van der Waals surface area contributed by atoms with Crippen molar-refractivity contribution in [3.05, 3.63) is 54.1 Å². The number of amides is 2. The van der Waals surface area contributed by atoms with Crippen molar-refractivity contribution in [1.29, 1.82) is 0 Å². The number of ether oxygens (including phenoxy) is 1. The number of likely N-dealkylation sites (tertiary alicyclic amines) is 1. The molecule has 1 fully saturated rings. The van der Waals surface area contributed by atoms with E-state index in [1.807, 2.05) is 63.8 Å². The molecule has 1 heterocycles. The third-order valence-corrected chi connectivity index (χ3v) is 6.10. The summed E-state index contributed by atoms with van der Waals surface area (Å²) in [7, 11) is 1.68. The SMILES string of the molecule is COc1ccccc1-c1ccc(C[C@@]2(C(=O)NC(C)C)CCN(C(=O)C(C)(C)C)C2)cc1. The van der Waals surface area contributed by atoms with E-state index in [-0.39, 0.29) is 17.9 Å². The second-order valence-corrected chi connectivity index (χ2v) is 10.2. The van der Waals surface area contributed by atoms with Crippen molar-refractivity contribution < 1.29 is 14.3 Å². The molecule has 1 atom stereocenters. The standard InChI is InChI=1S/C27H36N2O3/c1-19(2)28-24(30)27(15-16-29(18-27)25(31)26(3,4)5)17-20-11-13-21(14-12-20)22-9-7-8-10-23(22)32-6/h7-14,19H,15-18H2,1-6H3,(H,28,30)/t27-/m0/s1. The molecule has 172 valence electrons. The van der Waals surface area contributed by atoms with Crippen molar-refractivity contribution in [2.75, 3.05) is 20.2 Å². The first-order chi connectivity index (χ1) is 15.1. The number of rotatable bonds is 6. The van der Waals surface area contributed by atoms with Gasteiger partial charge >= 0.3 is 0 Å². The first-order valence-electron chi connectivity index (χ1n) is 11.4. The van der Waals surface area contributed by atoms with E-state index in [2.05, 4.69) is 29.6 Å². The van der Waals surface area contributed by atoms with E-state index in [0.29, 0.717) is 25.9 Å². The van der Waals surface area contributed by atoms with E-state index in [1.54, 1.807) is 7.11 Å². The van der Waals surface area contributed by atoms with Gasteiger partial charge in [-0.25, -0.2) is 0 Å². The zero-order valence-corrected chi connectivity index (χ0v) is 20.2. The number of para-hydroxylation sites is 1. The van der Waals surface area contributed by atoms with Crippen molar-refractivity contribution in [3.63, 3.8) is 0 Å². The van der Waals surface area contributed by atoms with Crippen molar-refractivity contribution >= 4 is 11.8 Å². The average Bonchev–Trinajstić information content (AvgIpc) is 3.17. The first kappa shape index (κ1) is 23.8. The molecule has 0 aliphatic carbocycles. The summed E-state index contributed by atoms with van der Waals surface area (Å²) in [6.07, 6.45) is 1.27. The third kappa shape index (κ3) is 5.14. The van der Waals surface area contributed by atoms with Crippen LogP contribution in [0, 0.1) is 10.8 Å². The van der Waals surface area contributed by atoms with Gasteiger partial charge < -0.3 is 15.0 Å². The fourth-order valence-electron chi connectivity index (χ4n) is 4.42. The molecule has 0 aromatic heterocycles. The van der Waals surface area contributed by atoms with E-state index in [9.17, 15) is 9.59 Å². The monoisotopic (exact) mass is 436 g/mol. The minimum absolute atomic E-state index is 0.0329.